The SMILES string of the molecule is CC1=NC(C#Cc2ccccc2)=CCC1. The van der Waals surface area contributed by atoms with Crippen molar-refractivity contribution in [3.63, 3.8) is 0 Å². The Kier molecular flexibility index (Phi) is 2.99. The molecule has 0 atom stereocenters. The molecular weight excluding hydrogens is 182 g/mol. The molecule has 0 radical (unpaired) electrons. The van der Waals surface area contributed by atoms with Gasteiger partial charge in [0.25, 0.3) is 0 Å². The van der Waals surface area contributed by atoms with E-state index in [-0.39, 0.29) is 0 Å². The van der Waals surface area contributed by atoms with Crippen molar-refractivity contribution in [3.8, 4) is 11.8 Å². The van der Waals surface area contributed by atoms with Crippen molar-refractivity contribution >= 4 is 5.71 Å². The molecular formula is C14H13N. The molecule has 0 fully saturated rings. The third-order valence-electron chi connectivity index (χ3n) is 2.26. The number of nitrogens with zero attached hydrogens (tertiary/aromatic N) is 1. The quantitative estimate of drug-likeness (QED) is 0.564. The highest BCUT2D eigenvalue weighted by Gasteiger charge is 1.99. The van der Waals surface area contributed by atoms with Crippen molar-refractivity contribution in [2.24, 2.45) is 4.99 Å². The molecule has 0 saturated carbocycles. The third-order valence-corrected chi connectivity index (χ3v) is 2.26. The van der Waals surface area contributed by atoms with Gasteiger partial charge >= 0.3 is 0 Å². The van der Waals surface area contributed by atoms with E-state index in [0.29, 0.717) is 0 Å². The standard InChI is InChI=1S/C14H13N/c1-12-6-5-9-14(15-12)11-10-13-7-3-2-4-8-13/h2-4,7-9H,5-6H2,1H3. The summed E-state index contributed by atoms with van der Waals surface area (Å²) in [5, 5.41) is 0. The Balaban J connectivity index is 2.16. The van der Waals surface area contributed by atoms with Gasteiger partial charge in [0.05, 0.1) is 0 Å². The van der Waals surface area contributed by atoms with Gasteiger partial charge in [-0.2, -0.15) is 0 Å². The Hall–Kier alpha value is -1.81. The van der Waals surface area contributed by atoms with E-state index in [1.165, 1.54) is 5.71 Å². The van der Waals surface area contributed by atoms with Gasteiger partial charge in [0.1, 0.15) is 5.70 Å². The van der Waals surface area contributed by atoms with E-state index >= 15 is 0 Å². The summed E-state index contributed by atoms with van der Waals surface area (Å²) in [5.41, 5.74) is 3.12. The summed E-state index contributed by atoms with van der Waals surface area (Å²) in [6, 6.07) is 9.99. The number of hydrogen-bond acceptors (Lipinski definition) is 1. The van der Waals surface area contributed by atoms with Gasteiger partial charge in [0.2, 0.25) is 0 Å². The van der Waals surface area contributed by atoms with Gasteiger partial charge in [-0.15, -0.1) is 0 Å². The first-order chi connectivity index (χ1) is 7.34. The van der Waals surface area contributed by atoms with Crippen molar-refractivity contribution in [1.29, 1.82) is 0 Å². The molecule has 1 heteroatoms. The maximum Gasteiger partial charge on any atom is 0.109 e. The lowest BCUT2D eigenvalue weighted by Crippen LogP contribution is -1.96. The van der Waals surface area contributed by atoms with Gasteiger partial charge in [0.15, 0.2) is 0 Å². The second-order valence-electron chi connectivity index (χ2n) is 3.59. The van der Waals surface area contributed by atoms with E-state index in [2.05, 4.69) is 29.8 Å². The third kappa shape index (κ3) is 2.82. The molecule has 0 spiro atoms. The van der Waals surface area contributed by atoms with Crippen molar-refractivity contribution < 1.29 is 0 Å². The predicted molar refractivity (Wildman–Crippen MR) is 63.7 cm³/mol. The van der Waals surface area contributed by atoms with Crippen molar-refractivity contribution in [3.05, 3.63) is 47.7 Å². The van der Waals surface area contributed by atoms with Crippen molar-refractivity contribution in [2.45, 2.75) is 19.8 Å². The van der Waals surface area contributed by atoms with Crippen LogP contribution in [0.4, 0.5) is 0 Å². The first-order valence-corrected chi connectivity index (χ1v) is 5.16. The van der Waals surface area contributed by atoms with Gasteiger partial charge in [-0.05, 0) is 43.9 Å². The van der Waals surface area contributed by atoms with Crippen LogP contribution in [-0.4, -0.2) is 5.71 Å². The van der Waals surface area contributed by atoms with Crippen LogP contribution in [0.3, 0.4) is 0 Å². The Morgan fingerprint density at radius 2 is 1.93 bits per heavy atom. The molecule has 74 valence electrons. The van der Waals surface area contributed by atoms with E-state index in [1.807, 2.05) is 30.3 Å². The number of hydrogen-bond donors (Lipinski definition) is 0. The minimum Gasteiger partial charge on any atom is -0.249 e. The molecule has 1 aromatic carbocycles. The van der Waals surface area contributed by atoms with E-state index in [4.69, 9.17) is 0 Å². The first-order valence-electron chi connectivity index (χ1n) is 5.16. The smallest absolute Gasteiger partial charge is 0.109 e. The summed E-state index contributed by atoms with van der Waals surface area (Å²) in [6.07, 6.45) is 4.23. The average Bonchev–Trinajstić information content (AvgIpc) is 2.28. The lowest BCUT2D eigenvalue weighted by atomic mass is 10.1. The Morgan fingerprint density at radius 1 is 1.13 bits per heavy atom. The van der Waals surface area contributed by atoms with Gasteiger partial charge in [-0.3, -0.25) is 0 Å². The molecule has 0 aromatic heterocycles. The highest BCUT2D eigenvalue weighted by Crippen LogP contribution is 2.09. The second-order valence-corrected chi connectivity index (χ2v) is 3.59. The molecule has 1 aliphatic heterocycles. The zero-order valence-corrected chi connectivity index (χ0v) is 8.83. The maximum atomic E-state index is 4.40. The van der Waals surface area contributed by atoms with Crippen molar-refractivity contribution in [2.75, 3.05) is 0 Å². The Morgan fingerprint density at radius 3 is 2.67 bits per heavy atom. The van der Waals surface area contributed by atoms with Crippen LogP contribution < -0.4 is 0 Å². The van der Waals surface area contributed by atoms with Crippen LogP contribution in [0.15, 0.2) is 47.1 Å². The van der Waals surface area contributed by atoms with Crippen LogP contribution in [-0.2, 0) is 0 Å². The van der Waals surface area contributed by atoms with Gasteiger partial charge in [0, 0.05) is 11.3 Å². The number of benzene rings is 1. The predicted octanol–water partition coefficient (Wildman–Crippen LogP) is 3.18. The molecule has 1 aromatic rings. The lowest BCUT2D eigenvalue weighted by molar-refractivity contribution is 1.04. The topological polar surface area (TPSA) is 12.4 Å². The van der Waals surface area contributed by atoms with Crippen LogP contribution in [0.2, 0.25) is 0 Å². The number of rotatable bonds is 0. The molecule has 0 aliphatic carbocycles. The Bertz CT molecular complexity index is 455. The zero-order valence-electron chi connectivity index (χ0n) is 8.83. The molecule has 2 rings (SSSR count). The summed E-state index contributed by atoms with van der Waals surface area (Å²) in [7, 11) is 0. The van der Waals surface area contributed by atoms with Crippen LogP contribution in [0.1, 0.15) is 25.3 Å². The van der Waals surface area contributed by atoms with E-state index in [9.17, 15) is 0 Å². The van der Waals surface area contributed by atoms with Gasteiger partial charge < -0.3 is 0 Å². The molecule has 0 saturated heterocycles. The summed E-state index contributed by atoms with van der Waals surface area (Å²) in [6.45, 7) is 2.05. The van der Waals surface area contributed by atoms with Gasteiger partial charge in [-0.1, -0.05) is 24.1 Å². The largest absolute Gasteiger partial charge is 0.249 e. The van der Waals surface area contributed by atoms with Crippen LogP contribution in [0.25, 0.3) is 0 Å². The molecule has 0 bridgehead atoms. The summed E-state index contributed by atoms with van der Waals surface area (Å²) < 4.78 is 0. The fraction of sp³-hybridized carbons (Fsp3) is 0.214. The number of allylic oxidation sites excluding steroid dienone is 2. The van der Waals surface area contributed by atoms with E-state index in [0.717, 1.165) is 24.1 Å². The summed E-state index contributed by atoms with van der Waals surface area (Å²) >= 11 is 0. The monoisotopic (exact) mass is 195 g/mol. The van der Waals surface area contributed by atoms with E-state index < -0.39 is 0 Å². The average molecular weight is 195 g/mol. The molecule has 15 heavy (non-hydrogen) atoms. The molecule has 0 N–H and O–H groups in total. The van der Waals surface area contributed by atoms with Crippen LogP contribution in [0.5, 0.6) is 0 Å². The highest BCUT2D eigenvalue weighted by atomic mass is 14.8. The van der Waals surface area contributed by atoms with E-state index in [1.54, 1.807) is 0 Å². The molecule has 1 aliphatic rings. The molecule has 1 nitrogen and oxygen atoms in total. The highest BCUT2D eigenvalue weighted by molar-refractivity contribution is 5.84. The maximum absolute atomic E-state index is 4.40. The minimum absolute atomic E-state index is 0.905. The van der Waals surface area contributed by atoms with Crippen molar-refractivity contribution in [1.82, 2.24) is 0 Å². The molecule has 1 heterocycles. The minimum atomic E-state index is 0.905. The normalized spacial score (nSPS) is 14.7. The van der Waals surface area contributed by atoms with Crippen LogP contribution in [0, 0.1) is 11.8 Å². The number of aliphatic imine (C=N–C) groups is 1. The zero-order chi connectivity index (χ0) is 10.5. The van der Waals surface area contributed by atoms with Crippen LogP contribution >= 0.6 is 0 Å². The fourth-order valence-corrected chi connectivity index (χ4v) is 1.46. The van der Waals surface area contributed by atoms with Gasteiger partial charge in [-0.25, -0.2) is 4.99 Å². The molecule has 0 amide bonds. The summed E-state index contributed by atoms with van der Waals surface area (Å²) in [5.74, 6) is 6.20. The Labute approximate surface area is 90.6 Å². The lowest BCUT2D eigenvalue weighted by Gasteiger charge is -2.03. The second kappa shape index (κ2) is 4.61. The molecule has 0 unspecified atom stereocenters. The summed E-state index contributed by atoms with van der Waals surface area (Å²) in [4.78, 5) is 4.40. The fourth-order valence-electron chi connectivity index (χ4n) is 1.46. The first kappa shape index (κ1) is 9.73.